The summed E-state index contributed by atoms with van der Waals surface area (Å²) in [5, 5.41) is 3.66. The van der Waals surface area contributed by atoms with Gasteiger partial charge in [-0.3, -0.25) is 0 Å². The molecule has 3 N–H and O–H groups in total. The van der Waals surface area contributed by atoms with Gasteiger partial charge in [-0.15, -0.1) is 0 Å². The van der Waals surface area contributed by atoms with Gasteiger partial charge in [0.15, 0.2) is 0 Å². The molecule has 0 radical (unpaired) electrons. The van der Waals surface area contributed by atoms with Gasteiger partial charge in [-0.25, -0.2) is 4.39 Å². The summed E-state index contributed by atoms with van der Waals surface area (Å²) in [6, 6.07) is 11.7. The Balaban J connectivity index is 2.13. The van der Waals surface area contributed by atoms with Crippen molar-refractivity contribution in [2.75, 3.05) is 11.1 Å². The molecule has 0 atom stereocenters. The maximum Gasteiger partial charge on any atom is 0.123 e. The monoisotopic (exact) mass is 250 g/mol. The first-order valence-corrected chi connectivity index (χ1v) is 5.57. The van der Waals surface area contributed by atoms with Gasteiger partial charge >= 0.3 is 0 Å². The molecular weight excluding hydrogens is 239 g/mol. The van der Waals surface area contributed by atoms with Crippen molar-refractivity contribution >= 4 is 23.0 Å². The molecule has 0 aliphatic carbocycles. The molecule has 4 heteroatoms. The van der Waals surface area contributed by atoms with Crippen molar-refractivity contribution in [2.45, 2.75) is 6.54 Å². The van der Waals surface area contributed by atoms with E-state index in [4.69, 9.17) is 17.3 Å². The number of hydrogen-bond acceptors (Lipinski definition) is 2. The zero-order valence-electron chi connectivity index (χ0n) is 9.08. The summed E-state index contributed by atoms with van der Waals surface area (Å²) >= 11 is 6.01. The van der Waals surface area contributed by atoms with E-state index in [-0.39, 0.29) is 5.82 Å². The van der Waals surface area contributed by atoms with Gasteiger partial charge in [0.2, 0.25) is 0 Å². The van der Waals surface area contributed by atoms with Gasteiger partial charge in [0.1, 0.15) is 5.82 Å². The summed E-state index contributed by atoms with van der Waals surface area (Å²) in [5.74, 6) is -0.253. The first-order valence-electron chi connectivity index (χ1n) is 5.19. The smallest absolute Gasteiger partial charge is 0.123 e. The highest BCUT2D eigenvalue weighted by atomic mass is 35.5. The van der Waals surface area contributed by atoms with Crippen LogP contribution in [0.5, 0.6) is 0 Å². The third-order valence-electron chi connectivity index (χ3n) is 2.40. The van der Waals surface area contributed by atoms with Crippen LogP contribution in [0.25, 0.3) is 0 Å². The van der Waals surface area contributed by atoms with Crippen LogP contribution < -0.4 is 11.1 Å². The fourth-order valence-electron chi connectivity index (χ4n) is 1.56. The Morgan fingerprint density at radius 2 is 1.94 bits per heavy atom. The number of para-hydroxylation sites is 1. The lowest BCUT2D eigenvalue weighted by atomic mass is 10.2. The fourth-order valence-corrected chi connectivity index (χ4v) is 1.81. The second kappa shape index (κ2) is 5.06. The quantitative estimate of drug-likeness (QED) is 0.816. The van der Waals surface area contributed by atoms with E-state index in [0.29, 0.717) is 22.9 Å². The average molecular weight is 251 g/mol. The normalized spacial score (nSPS) is 10.2. The molecule has 2 aromatic carbocycles. The van der Waals surface area contributed by atoms with E-state index >= 15 is 0 Å². The number of halogens is 2. The summed E-state index contributed by atoms with van der Waals surface area (Å²) in [4.78, 5) is 0. The lowest BCUT2D eigenvalue weighted by Crippen LogP contribution is -2.03. The van der Waals surface area contributed by atoms with Crippen molar-refractivity contribution in [1.29, 1.82) is 0 Å². The zero-order valence-corrected chi connectivity index (χ0v) is 9.84. The fraction of sp³-hybridized carbons (Fsp3) is 0.0769. The van der Waals surface area contributed by atoms with Gasteiger partial charge < -0.3 is 11.1 Å². The van der Waals surface area contributed by atoms with E-state index in [1.165, 1.54) is 12.1 Å². The number of benzene rings is 2. The summed E-state index contributed by atoms with van der Waals surface area (Å²) < 4.78 is 13.0. The van der Waals surface area contributed by atoms with Crippen LogP contribution in [-0.2, 0) is 6.54 Å². The Morgan fingerprint density at radius 1 is 1.18 bits per heavy atom. The lowest BCUT2D eigenvalue weighted by Gasteiger charge is -2.11. The van der Waals surface area contributed by atoms with Crippen LogP contribution in [-0.4, -0.2) is 0 Å². The molecule has 0 spiro atoms. The van der Waals surface area contributed by atoms with Gasteiger partial charge in [-0.1, -0.05) is 29.8 Å². The van der Waals surface area contributed by atoms with E-state index in [2.05, 4.69) is 5.32 Å². The van der Waals surface area contributed by atoms with Crippen molar-refractivity contribution in [3.8, 4) is 0 Å². The summed E-state index contributed by atoms with van der Waals surface area (Å²) in [6.07, 6.45) is 0. The van der Waals surface area contributed by atoms with E-state index in [9.17, 15) is 4.39 Å². The number of nitrogens with one attached hydrogen (secondary N) is 1. The highest BCUT2D eigenvalue weighted by Gasteiger charge is 2.03. The SMILES string of the molecule is Nc1cccc(Cl)c1NCc1cccc(F)c1. The maximum absolute atomic E-state index is 13.0. The molecule has 2 rings (SSSR count). The molecule has 0 aliphatic rings. The third kappa shape index (κ3) is 2.88. The van der Waals surface area contributed by atoms with E-state index < -0.39 is 0 Å². The third-order valence-corrected chi connectivity index (χ3v) is 2.72. The number of nitrogens with two attached hydrogens (primary N) is 1. The van der Waals surface area contributed by atoms with Crippen LogP contribution in [0.4, 0.5) is 15.8 Å². The first kappa shape index (κ1) is 11.7. The minimum absolute atomic E-state index is 0.253. The largest absolute Gasteiger partial charge is 0.397 e. The number of anilines is 2. The van der Waals surface area contributed by atoms with Gasteiger partial charge in [0.05, 0.1) is 16.4 Å². The van der Waals surface area contributed by atoms with Crippen LogP contribution in [0.15, 0.2) is 42.5 Å². The van der Waals surface area contributed by atoms with E-state index in [0.717, 1.165) is 5.56 Å². The minimum Gasteiger partial charge on any atom is -0.397 e. The predicted molar refractivity (Wildman–Crippen MR) is 69.6 cm³/mol. The summed E-state index contributed by atoms with van der Waals surface area (Å²) in [6.45, 7) is 0.478. The number of hydrogen-bond donors (Lipinski definition) is 2. The molecule has 0 aromatic heterocycles. The summed E-state index contributed by atoms with van der Waals surface area (Å²) in [5.41, 5.74) is 7.89. The Bertz CT molecular complexity index is 508. The Kier molecular flexibility index (Phi) is 3.49. The standard InChI is InChI=1S/C13H12ClFN2/c14-11-5-2-6-12(16)13(11)17-8-9-3-1-4-10(15)7-9/h1-7,17H,8,16H2. The second-order valence-corrected chi connectivity index (χ2v) is 4.09. The Labute approximate surface area is 104 Å². The van der Waals surface area contributed by atoms with Gasteiger partial charge in [0, 0.05) is 6.54 Å². The predicted octanol–water partition coefficient (Wildman–Crippen LogP) is 3.67. The molecule has 0 fully saturated rings. The van der Waals surface area contributed by atoms with Gasteiger partial charge in [0.25, 0.3) is 0 Å². The molecule has 2 aromatic rings. The van der Waals surface area contributed by atoms with Crippen molar-refractivity contribution in [3.63, 3.8) is 0 Å². The Hall–Kier alpha value is -1.74. The molecule has 0 bridgehead atoms. The molecule has 88 valence electrons. The van der Waals surface area contributed by atoms with Crippen molar-refractivity contribution < 1.29 is 4.39 Å². The highest BCUT2D eigenvalue weighted by molar-refractivity contribution is 6.33. The second-order valence-electron chi connectivity index (χ2n) is 3.69. The lowest BCUT2D eigenvalue weighted by molar-refractivity contribution is 0.626. The summed E-state index contributed by atoms with van der Waals surface area (Å²) in [7, 11) is 0. The molecule has 0 unspecified atom stereocenters. The molecule has 0 amide bonds. The highest BCUT2D eigenvalue weighted by Crippen LogP contribution is 2.28. The maximum atomic E-state index is 13.0. The number of rotatable bonds is 3. The number of nitrogen functional groups attached to an aromatic ring is 1. The van der Waals surface area contributed by atoms with Crippen molar-refractivity contribution in [2.24, 2.45) is 0 Å². The van der Waals surface area contributed by atoms with Crippen LogP contribution in [0.3, 0.4) is 0 Å². The molecule has 17 heavy (non-hydrogen) atoms. The van der Waals surface area contributed by atoms with Gasteiger partial charge in [-0.2, -0.15) is 0 Å². The van der Waals surface area contributed by atoms with Gasteiger partial charge in [-0.05, 0) is 29.8 Å². The van der Waals surface area contributed by atoms with Crippen molar-refractivity contribution in [1.82, 2.24) is 0 Å². The molecule has 2 nitrogen and oxygen atoms in total. The molecule has 0 heterocycles. The topological polar surface area (TPSA) is 38.0 Å². The molecule has 0 aliphatic heterocycles. The zero-order chi connectivity index (χ0) is 12.3. The molecule has 0 saturated heterocycles. The van der Waals surface area contributed by atoms with Crippen LogP contribution >= 0.6 is 11.6 Å². The van der Waals surface area contributed by atoms with Crippen LogP contribution in [0.1, 0.15) is 5.56 Å². The molecule has 0 saturated carbocycles. The Morgan fingerprint density at radius 3 is 2.65 bits per heavy atom. The average Bonchev–Trinajstić information content (AvgIpc) is 2.28. The van der Waals surface area contributed by atoms with Crippen LogP contribution in [0.2, 0.25) is 5.02 Å². The first-order chi connectivity index (χ1) is 8.16. The van der Waals surface area contributed by atoms with E-state index in [1.807, 2.05) is 6.07 Å². The van der Waals surface area contributed by atoms with Crippen molar-refractivity contribution in [3.05, 3.63) is 58.9 Å². The van der Waals surface area contributed by atoms with Crippen LogP contribution in [0, 0.1) is 5.82 Å². The molecular formula is C13H12ClFN2. The van der Waals surface area contributed by atoms with E-state index in [1.54, 1.807) is 24.3 Å². The minimum atomic E-state index is -0.253.